The Morgan fingerprint density at radius 2 is 1.50 bits per heavy atom. The summed E-state index contributed by atoms with van der Waals surface area (Å²) < 4.78 is 5.42. The number of carbonyl (C=O) groups excluding carboxylic acids is 1. The Morgan fingerprint density at radius 1 is 0.867 bits per heavy atom. The average Bonchev–Trinajstić information content (AvgIpc) is 2.81. The summed E-state index contributed by atoms with van der Waals surface area (Å²) in [6.07, 6.45) is 0. The summed E-state index contributed by atoms with van der Waals surface area (Å²) in [5.74, 6) is 0.0866. The van der Waals surface area contributed by atoms with Crippen molar-refractivity contribution in [2.75, 3.05) is 32.8 Å². The van der Waals surface area contributed by atoms with Crippen LogP contribution in [-0.2, 0) is 11.3 Å². The van der Waals surface area contributed by atoms with E-state index in [0.717, 1.165) is 38.4 Å². The number of hydrogen-bond donors (Lipinski definition) is 1. The molecule has 154 valence electrons. The molecule has 0 aliphatic carbocycles. The minimum absolute atomic E-state index is 0.0318. The fraction of sp³-hybridized carbons (Fsp3) is 0.269. The fourth-order valence-corrected chi connectivity index (χ4v) is 3.92. The van der Waals surface area contributed by atoms with Crippen molar-refractivity contribution in [3.63, 3.8) is 0 Å². The van der Waals surface area contributed by atoms with E-state index in [2.05, 4.69) is 40.5 Å². The van der Waals surface area contributed by atoms with Gasteiger partial charge < -0.3 is 10.1 Å². The highest BCUT2D eigenvalue weighted by atomic mass is 16.5. The lowest BCUT2D eigenvalue weighted by atomic mass is 9.91. The molecule has 1 aliphatic heterocycles. The molecule has 4 heteroatoms. The van der Waals surface area contributed by atoms with Crippen LogP contribution in [0.3, 0.4) is 0 Å². The molecule has 0 bridgehead atoms. The number of morpholine rings is 1. The molecule has 0 saturated carbocycles. The highest BCUT2D eigenvalue weighted by molar-refractivity contribution is 5.94. The molecule has 0 unspecified atom stereocenters. The Morgan fingerprint density at radius 3 is 2.13 bits per heavy atom. The molecule has 4 rings (SSSR count). The molecule has 1 amide bonds. The number of ether oxygens (including phenoxy) is 1. The Hall–Kier alpha value is -2.95. The molecule has 3 aromatic rings. The lowest BCUT2D eigenvalue weighted by molar-refractivity contribution is 0.0342. The van der Waals surface area contributed by atoms with E-state index in [1.165, 1.54) is 11.1 Å². The highest BCUT2D eigenvalue weighted by Gasteiger charge is 2.16. The van der Waals surface area contributed by atoms with Gasteiger partial charge >= 0.3 is 0 Å². The molecule has 3 aromatic carbocycles. The van der Waals surface area contributed by atoms with Crippen molar-refractivity contribution in [2.24, 2.45) is 0 Å². The second kappa shape index (κ2) is 10.2. The first-order valence-corrected chi connectivity index (χ1v) is 10.6. The largest absolute Gasteiger partial charge is 0.379 e. The number of hydrogen-bond acceptors (Lipinski definition) is 3. The van der Waals surface area contributed by atoms with Crippen molar-refractivity contribution in [3.8, 4) is 0 Å². The van der Waals surface area contributed by atoms with E-state index in [-0.39, 0.29) is 11.8 Å². The molecule has 1 saturated heterocycles. The van der Waals surface area contributed by atoms with Crippen LogP contribution >= 0.6 is 0 Å². The Kier molecular flexibility index (Phi) is 6.91. The van der Waals surface area contributed by atoms with Gasteiger partial charge in [-0.2, -0.15) is 0 Å². The topological polar surface area (TPSA) is 41.6 Å². The van der Waals surface area contributed by atoms with Gasteiger partial charge in [0.15, 0.2) is 0 Å². The quantitative estimate of drug-likeness (QED) is 0.650. The summed E-state index contributed by atoms with van der Waals surface area (Å²) >= 11 is 0. The number of nitrogens with zero attached hydrogens (tertiary/aromatic N) is 1. The summed E-state index contributed by atoms with van der Waals surface area (Å²) in [5, 5.41) is 3.15. The van der Waals surface area contributed by atoms with E-state index in [0.29, 0.717) is 12.1 Å². The van der Waals surface area contributed by atoms with Crippen molar-refractivity contribution in [1.29, 1.82) is 0 Å². The monoisotopic (exact) mass is 400 g/mol. The predicted octanol–water partition coefficient (Wildman–Crippen LogP) is 4.08. The third-order valence-electron chi connectivity index (χ3n) is 5.57. The van der Waals surface area contributed by atoms with Crippen molar-refractivity contribution < 1.29 is 9.53 Å². The van der Waals surface area contributed by atoms with E-state index >= 15 is 0 Å². The van der Waals surface area contributed by atoms with Gasteiger partial charge in [0.1, 0.15) is 0 Å². The molecule has 1 aliphatic rings. The van der Waals surface area contributed by atoms with E-state index in [1.807, 2.05) is 54.6 Å². The molecule has 30 heavy (non-hydrogen) atoms. The summed E-state index contributed by atoms with van der Waals surface area (Å²) in [5.41, 5.74) is 4.27. The molecule has 1 fully saturated rings. The summed E-state index contributed by atoms with van der Waals surface area (Å²) in [6.45, 7) is 4.83. The lowest BCUT2D eigenvalue weighted by Gasteiger charge is -2.26. The van der Waals surface area contributed by atoms with Gasteiger partial charge in [0.25, 0.3) is 5.91 Å². The predicted molar refractivity (Wildman–Crippen MR) is 120 cm³/mol. The number of benzene rings is 3. The van der Waals surface area contributed by atoms with Crippen LogP contribution in [-0.4, -0.2) is 43.7 Å². The van der Waals surface area contributed by atoms with E-state index in [1.54, 1.807) is 0 Å². The average molecular weight is 401 g/mol. The smallest absolute Gasteiger partial charge is 0.251 e. The maximum Gasteiger partial charge on any atom is 0.251 e. The van der Waals surface area contributed by atoms with E-state index in [9.17, 15) is 4.79 Å². The second-order valence-electron chi connectivity index (χ2n) is 7.67. The minimum atomic E-state index is -0.0318. The number of nitrogens with one attached hydrogen (secondary N) is 1. The van der Waals surface area contributed by atoms with Crippen LogP contribution in [0.2, 0.25) is 0 Å². The first kappa shape index (κ1) is 20.3. The van der Waals surface area contributed by atoms with Crippen LogP contribution in [0.15, 0.2) is 84.9 Å². The SMILES string of the molecule is O=C(NCC(c1ccccc1)c1ccccc1)c1cccc(CN2CCOCC2)c1. The number of carbonyl (C=O) groups is 1. The van der Waals surface area contributed by atoms with E-state index in [4.69, 9.17) is 4.74 Å². The molecule has 0 atom stereocenters. The molecule has 0 spiro atoms. The van der Waals surface area contributed by atoms with Gasteiger partial charge in [-0.25, -0.2) is 0 Å². The second-order valence-corrected chi connectivity index (χ2v) is 7.67. The van der Waals surface area contributed by atoms with Crippen LogP contribution in [0.5, 0.6) is 0 Å². The Bertz CT molecular complexity index is 898. The first-order chi connectivity index (χ1) is 14.8. The van der Waals surface area contributed by atoms with Crippen LogP contribution in [0.25, 0.3) is 0 Å². The van der Waals surface area contributed by atoms with Gasteiger partial charge in [0.2, 0.25) is 0 Å². The van der Waals surface area contributed by atoms with Crippen LogP contribution in [0, 0.1) is 0 Å². The number of rotatable bonds is 7. The van der Waals surface area contributed by atoms with Gasteiger partial charge in [-0.3, -0.25) is 9.69 Å². The lowest BCUT2D eigenvalue weighted by Crippen LogP contribution is -2.35. The van der Waals surface area contributed by atoms with Gasteiger partial charge in [0, 0.05) is 37.7 Å². The molecule has 4 nitrogen and oxygen atoms in total. The summed E-state index contributed by atoms with van der Waals surface area (Å²) in [4.78, 5) is 15.3. The summed E-state index contributed by atoms with van der Waals surface area (Å²) in [7, 11) is 0. The van der Waals surface area contributed by atoms with Gasteiger partial charge in [-0.1, -0.05) is 72.8 Å². The molecule has 1 heterocycles. The minimum Gasteiger partial charge on any atom is -0.379 e. The zero-order valence-electron chi connectivity index (χ0n) is 17.2. The maximum absolute atomic E-state index is 12.9. The fourth-order valence-electron chi connectivity index (χ4n) is 3.92. The van der Waals surface area contributed by atoms with Crippen molar-refractivity contribution in [1.82, 2.24) is 10.2 Å². The first-order valence-electron chi connectivity index (χ1n) is 10.6. The van der Waals surface area contributed by atoms with E-state index < -0.39 is 0 Å². The third-order valence-corrected chi connectivity index (χ3v) is 5.57. The standard InChI is InChI=1S/C26H28N2O2/c29-26(24-13-7-8-21(18-24)20-28-14-16-30-17-15-28)27-19-25(22-9-3-1-4-10-22)23-11-5-2-6-12-23/h1-13,18,25H,14-17,19-20H2,(H,27,29). The van der Waals surface area contributed by atoms with Gasteiger partial charge in [0.05, 0.1) is 13.2 Å². The molecular formula is C26H28N2O2. The van der Waals surface area contributed by atoms with Crippen LogP contribution in [0.4, 0.5) is 0 Å². The van der Waals surface area contributed by atoms with Gasteiger partial charge in [-0.05, 0) is 28.8 Å². The normalized spacial score (nSPS) is 14.6. The van der Waals surface area contributed by atoms with Crippen LogP contribution in [0.1, 0.15) is 33.0 Å². The summed E-state index contributed by atoms with van der Waals surface area (Å²) in [6, 6.07) is 28.6. The maximum atomic E-state index is 12.9. The molecule has 0 radical (unpaired) electrons. The van der Waals surface area contributed by atoms with Crippen molar-refractivity contribution in [3.05, 3.63) is 107 Å². The van der Waals surface area contributed by atoms with Gasteiger partial charge in [-0.15, -0.1) is 0 Å². The van der Waals surface area contributed by atoms with Crippen LogP contribution < -0.4 is 5.32 Å². The third kappa shape index (κ3) is 5.35. The Labute approximate surface area is 178 Å². The number of amides is 1. The Balaban J connectivity index is 1.44. The molecular weight excluding hydrogens is 372 g/mol. The zero-order chi connectivity index (χ0) is 20.6. The highest BCUT2D eigenvalue weighted by Crippen LogP contribution is 2.24. The molecule has 0 aromatic heterocycles. The van der Waals surface area contributed by atoms with Crippen molar-refractivity contribution >= 4 is 5.91 Å². The zero-order valence-corrected chi connectivity index (χ0v) is 17.2. The van der Waals surface area contributed by atoms with Crippen molar-refractivity contribution in [2.45, 2.75) is 12.5 Å². The molecule has 1 N–H and O–H groups in total.